The van der Waals surface area contributed by atoms with Gasteiger partial charge in [-0.05, 0) is 34.1 Å². The Bertz CT molecular complexity index is 439. The van der Waals surface area contributed by atoms with Crippen LogP contribution in [-0.4, -0.2) is 45.3 Å². The Morgan fingerprint density at radius 1 is 1.22 bits per heavy atom. The van der Waals surface area contributed by atoms with Crippen molar-refractivity contribution in [3.63, 3.8) is 0 Å². The van der Waals surface area contributed by atoms with Crippen molar-refractivity contribution in [1.29, 1.82) is 0 Å². The molecule has 0 aromatic rings. The van der Waals surface area contributed by atoms with Crippen LogP contribution in [0.25, 0.3) is 0 Å². The Hall–Kier alpha value is -0.0900. The topological polar surface area (TPSA) is 82.6 Å². The first-order valence-corrected chi connectivity index (χ1v) is 10.0. The van der Waals surface area contributed by atoms with Crippen LogP contribution in [0.1, 0.15) is 60.3 Å². The van der Waals surface area contributed by atoms with E-state index in [1.165, 1.54) is 19.3 Å². The van der Waals surface area contributed by atoms with Gasteiger partial charge in [0, 0.05) is 18.1 Å². The summed E-state index contributed by atoms with van der Waals surface area (Å²) in [6.07, 6.45) is 5.92. The summed E-state index contributed by atoms with van der Waals surface area (Å²) in [5.41, 5.74) is -0.610. The third-order valence-electron chi connectivity index (χ3n) is 3.06. The minimum absolute atomic E-state index is 0. The van der Waals surface area contributed by atoms with E-state index in [1.54, 1.807) is 0 Å². The van der Waals surface area contributed by atoms with Gasteiger partial charge in [-0.3, -0.25) is 4.99 Å². The molecule has 6 nitrogen and oxygen atoms in total. The summed E-state index contributed by atoms with van der Waals surface area (Å²) in [6, 6.07) is 0.343. The van der Waals surface area contributed by atoms with E-state index >= 15 is 0 Å². The number of hydrogen-bond donors (Lipinski definition) is 3. The van der Waals surface area contributed by atoms with Gasteiger partial charge in [-0.2, -0.15) is 0 Å². The van der Waals surface area contributed by atoms with Crippen molar-refractivity contribution in [1.82, 2.24) is 15.4 Å². The van der Waals surface area contributed by atoms with E-state index in [9.17, 15) is 8.42 Å². The average Bonchev–Trinajstić information content (AvgIpc) is 2.34. The number of hydrogen-bond acceptors (Lipinski definition) is 3. The summed E-state index contributed by atoms with van der Waals surface area (Å²) in [5.74, 6) is 0.731. The maximum Gasteiger partial charge on any atom is 0.209 e. The molecule has 1 atom stereocenters. The maximum atomic E-state index is 11.4. The molecule has 3 N–H and O–H groups in total. The molecule has 1 unspecified atom stereocenters. The molecule has 23 heavy (non-hydrogen) atoms. The third-order valence-corrected chi connectivity index (χ3v) is 3.99. The van der Waals surface area contributed by atoms with Crippen molar-refractivity contribution in [2.75, 3.05) is 19.3 Å². The normalized spacial score (nSPS) is 14.1. The highest BCUT2D eigenvalue weighted by molar-refractivity contribution is 14.0. The van der Waals surface area contributed by atoms with Gasteiger partial charge in [-0.25, -0.2) is 13.1 Å². The zero-order valence-electron chi connectivity index (χ0n) is 15.4. The highest BCUT2D eigenvalue weighted by Gasteiger charge is 2.22. The molecule has 8 heteroatoms. The van der Waals surface area contributed by atoms with Gasteiger partial charge in [-0.1, -0.05) is 26.2 Å². The molecule has 0 saturated carbocycles. The van der Waals surface area contributed by atoms with Crippen molar-refractivity contribution in [3.05, 3.63) is 0 Å². The van der Waals surface area contributed by atoms with E-state index in [1.807, 2.05) is 20.8 Å². The van der Waals surface area contributed by atoms with Gasteiger partial charge in [0.25, 0.3) is 0 Å². The van der Waals surface area contributed by atoms with Gasteiger partial charge in [0.15, 0.2) is 5.96 Å². The molecule has 0 aromatic carbocycles. The smallest absolute Gasteiger partial charge is 0.209 e. The van der Waals surface area contributed by atoms with Crippen LogP contribution >= 0.6 is 24.0 Å². The minimum Gasteiger partial charge on any atom is -0.357 e. The van der Waals surface area contributed by atoms with Gasteiger partial charge in [0.2, 0.25) is 10.0 Å². The Kier molecular flexibility index (Phi) is 13.4. The quantitative estimate of drug-likeness (QED) is 0.202. The Labute approximate surface area is 159 Å². The molecule has 0 amide bonds. The van der Waals surface area contributed by atoms with Gasteiger partial charge in [-0.15, -0.1) is 24.0 Å². The van der Waals surface area contributed by atoms with Gasteiger partial charge >= 0.3 is 0 Å². The standard InChI is InChI=1S/C15H34N4O2S.HI/c1-7-9-10-11-13(3)18-14(16-8-2)17-12-15(4,5)19-22(6,20)21;/h13,19H,7-12H2,1-6H3,(H2,16,17,18);1H. The first-order chi connectivity index (χ1) is 10.1. The molecule has 0 aliphatic heterocycles. The van der Waals surface area contributed by atoms with Crippen LogP contribution in [0.2, 0.25) is 0 Å². The molecule has 0 heterocycles. The molecular weight excluding hydrogens is 427 g/mol. The molecule has 0 spiro atoms. The summed E-state index contributed by atoms with van der Waals surface area (Å²) in [5, 5.41) is 6.57. The van der Waals surface area contributed by atoms with E-state index in [-0.39, 0.29) is 24.0 Å². The fourth-order valence-corrected chi connectivity index (χ4v) is 3.21. The fourth-order valence-electron chi connectivity index (χ4n) is 2.14. The Morgan fingerprint density at radius 2 is 1.83 bits per heavy atom. The van der Waals surface area contributed by atoms with Crippen LogP contribution in [0.5, 0.6) is 0 Å². The molecular formula is C15H35IN4O2S. The summed E-state index contributed by atoms with van der Waals surface area (Å²) < 4.78 is 25.3. The lowest BCUT2D eigenvalue weighted by atomic mass is 10.1. The van der Waals surface area contributed by atoms with E-state index < -0.39 is 15.6 Å². The highest BCUT2D eigenvalue weighted by Crippen LogP contribution is 2.05. The van der Waals surface area contributed by atoms with Crippen molar-refractivity contribution >= 4 is 40.0 Å². The number of nitrogens with zero attached hydrogens (tertiary/aromatic N) is 1. The molecule has 0 saturated heterocycles. The third kappa shape index (κ3) is 15.2. The fraction of sp³-hybridized carbons (Fsp3) is 0.933. The van der Waals surface area contributed by atoms with Crippen LogP contribution < -0.4 is 15.4 Å². The predicted molar refractivity (Wildman–Crippen MR) is 110 cm³/mol. The second kappa shape index (κ2) is 12.3. The van der Waals surface area contributed by atoms with Crippen LogP contribution in [0.4, 0.5) is 0 Å². The molecule has 0 fully saturated rings. The second-order valence-electron chi connectivity index (χ2n) is 6.49. The molecule has 0 aromatic heterocycles. The van der Waals surface area contributed by atoms with Crippen molar-refractivity contribution in [3.8, 4) is 0 Å². The minimum atomic E-state index is -3.24. The van der Waals surface area contributed by atoms with Crippen molar-refractivity contribution < 1.29 is 8.42 Å². The van der Waals surface area contributed by atoms with Crippen LogP contribution in [0.3, 0.4) is 0 Å². The second-order valence-corrected chi connectivity index (χ2v) is 8.24. The summed E-state index contributed by atoms with van der Waals surface area (Å²) >= 11 is 0. The van der Waals surface area contributed by atoms with Gasteiger partial charge in [0.1, 0.15) is 0 Å². The first-order valence-electron chi connectivity index (χ1n) is 8.13. The van der Waals surface area contributed by atoms with E-state index in [0.29, 0.717) is 12.6 Å². The Balaban J connectivity index is 0. The monoisotopic (exact) mass is 462 g/mol. The van der Waals surface area contributed by atoms with Crippen molar-refractivity contribution in [2.45, 2.75) is 71.9 Å². The van der Waals surface area contributed by atoms with Gasteiger partial charge < -0.3 is 10.6 Å². The summed E-state index contributed by atoms with van der Waals surface area (Å²) in [4.78, 5) is 4.51. The van der Waals surface area contributed by atoms with Crippen LogP contribution in [-0.2, 0) is 10.0 Å². The number of rotatable bonds is 10. The molecule has 140 valence electrons. The number of aliphatic imine (C=N–C) groups is 1. The first kappa shape index (κ1) is 25.2. The zero-order chi connectivity index (χ0) is 17.2. The molecule has 0 radical (unpaired) electrons. The lowest BCUT2D eigenvalue weighted by Gasteiger charge is -2.24. The van der Waals surface area contributed by atoms with Crippen molar-refractivity contribution in [2.24, 2.45) is 4.99 Å². The number of unbranched alkanes of at least 4 members (excludes halogenated alkanes) is 2. The number of guanidine groups is 1. The molecule has 0 aliphatic carbocycles. The number of nitrogens with one attached hydrogen (secondary N) is 3. The van der Waals surface area contributed by atoms with Crippen LogP contribution in [0.15, 0.2) is 4.99 Å². The van der Waals surface area contributed by atoms with E-state index in [4.69, 9.17) is 0 Å². The Morgan fingerprint density at radius 3 is 2.30 bits per heavy atom. The molecule has 0 rings (SSSR count). The van der Waals surface area contributed by atoms with Gasteiger partial charge in [0.05, 0.1) is 12.8 Å². The summed E-state index contributed by atoms with van der Waals surface area (Å²) in [7, 11) is -3.24. The average molecular weight is 462 g/mol. The van der Waals surface area contributed by atoms with Crippen LogP contribution in [0, 0.1) is 0 Å². The SMILES string of the molecule is CCCCCC(C)NC(=NCC(C)(C)NS(C)(=O)=O)NCC.I. The lowest BCUT2D eigenvalue weighted by molar-refractivity contribution is 0.463. The van der Waals surface area contributed by atoms with E-state index in [0.717, 1.165) is 25.2 Å². The number of sulfonamides is 1. The molecule has 0 aliphatic rings. The largest absolute Gasteiger partial charge is 0.357 e. The number of halogens is 1. The maximum absolute atomic E-state index is 11.4. The highest BCUT2D eigenvalue weighted by atomic mass is 127. The van der Waals surface area contributed by atoms with E-state index in [2.05, 4.69) is 34.2 Å². The zero-order valence-corrected chi connectivity index (χ0v) is 18.5. The predicted octanol–water partition coefficient (Wildman–Crippen LogP) is 2.46. The molecule has 0 bridgehead atoms. The summed E-state index contributed by atoms with van der Waals surface area (Å²) in [6.45, 7) is 11.1. The lowest BCUT2D eigenvalue weighted by Crippen LogP contribution is -2.47.